The van der Waals surface area contributed by atoms with Crippen LogP contribution in [0.25, 0.3) is 22.4 Å². The van der Waals surface area contributed by atoms with Crippen LogP contribution in [0.4, 0.5) is 0 Å². The Morgan fingerprint density at radius 2 is 1.77 bits per heavy atom. The van der Waals surface area contributed by atoms with Gasteiger partial charge in [0.1, 0.15) is 0 Å². The van der Waals surface area contributed by atoms with Crippen molar-refractivity contribution in [3.05, 3.63) is 82.5 Å². The third kappa shape index (κ3) is 4.16. The van der Waals surface area contributed by atoms with Crippen molar-refractivity contribution in [3.63, 3.8) is 0 Å². The largest absolute Gasteiger partial charge is 0.335 e. The van der Waals surface area contributed by atoms with Crippen LogP contribution in [0.1, 0.15) is 21.6 Å². The minimum atomic E-state index is -0.490. The minimum absolute atomic E-state index is 0.102. The summed E-state index contributed by atoms with van der Waals surface area (Å²) in [5, 5.41) is 5.01. The van der Waals surface area contributed by atoms with Crippen LogP contribution < -0.4 is 10.9 Å². The van der Waals surface area contributed by atoms with Crippen LogP contribution in [0.3, 0.4) is 0 Å². The summed E-state index contributed by atoms with van der Waals surface area (Å²) in [5.41, 5.74) is 8.17. The third-order valence-electron chi connectivity index (χ3n) is 4.52. The summed E-state index contributed by atoms with van der Waals surface area (Å²) >= 11 is 5.85. The van der Waals surface area contributed by atoms with Crippen molar-refractivity contribution in [2.45, 2.75) is 13.3 Å². The molecular weight excluding hydrogens is 404 g/mol. The normalized spacial score (nSPS) is 10.7. The Labute approximate surface area is 177 Å². The number of carbonyl (C=O) groups is 2. The number of rotatable bonds is 4. The fourth-order valence-corrected chi connectivity index (χ4v) is 3.18. The van der Waals surface area contributed by atoms with E-state index >= 15 is 0 Å². The summed E-state index contributed by atoms with van der Waals surface area (Å²) < 4.78 is 5.28. The van der Waals surface area contributed by atoms with Gasteiger partial charge < -0.3 is 4.52 Å². The zero-order valence-corrected chi connectivity index (χ0v) is 16.7. The first kappa shape index (κ1) is 19.6. The van der Waals surface area contributed by atoms with Crippen molar-refractivity contribution < 1.29 is 14.1 Å². The van der Waals surface area contributed by atoms with Gasteiger partial charge in [-0.2, -0.15) is 0 Å². The number of hydrogen-bond acceptors (Lipinski definition) is 5. The molecule has 4 rings (SSSR count). The van der Waals surface area contributed by atoms with Crippen LogP contribution in [-0.4, -0.2) is 22.0 Å². The van der Waals surface area contributed by atoms with Crippen LogP contribution in [0.5, 0.6) is 0 Å². The molecule has 4 aromatic rings. The smallest absolute Gasteiger partial charge is 0.270 e. The fraction of sp³-hybridized carbons (Fsp3) is 0.0909. The molecule has 0 aliphatic heterocycles. The summed E-state index contributed by atoms with van der Waals surface area (Å²) in [7, 11) is 0. The summed E-state index contributed by atoms with van der Waals surface area (Å²) in [4.78, 5) is 29.5. The van der Waals surface area contributed by atoms with Gasteiger partial charge in [0, 0.05) is 10.6 Å². The van der Waals surface area contributed by atoms with Gasteiger partial charge in [-0.15, -0.1) is 0 Å². The predicted molar refractivity (Wildman–Crippen MR) is 113 cm³/mol. The quantitative estimate of drug-likeness (QED) is 0.489. The second-order valence-electron chi connectivity index (χ2n) is 6.67. The van der Waals surface area contributed by atoms with Crippen molar-refractivity contribution in [2.75, 3.05) is 0 Å². The molecule has 0 aliphatic carbocycles. The Bertz CT molecular complexity index is 1220. The molecule has 0 fully saturated rings. The van der Waals surface area contributed by atoms with Crippen LogP contribution >= 0.6 is 11.6 Å². The number of aryl methyl sites for hydroxylation is 1. The SMILES string of the molecule is Cc1noc2nc(-c3ccccc3)cc(C(=O)NNC(=O)Cc3ccc(Cl)cc3)c12. The number of nitrogens with one attached hydrogen (secondary N) is 2. The zero-order valence-electron chi connectivity index (χ0n) is 16.0. The Morgan fingerprint density at radius 3 is 2.50 bits per heavy atom. The van der Waals surface area contributed by atoms with E-state index in [1.165, 1.54) is 0 Å². The molecule has 8 heteroatoms. The molecule has 0 bridgehead atoms. The number of pyridine rings is 1. The number of carbonyl (C=O) groups excluding carboxylic acids is 2. The molecule has 0 unspecified atom stereocenters. The lowest BCUT2D eigenvalue weighted by Gasteiger charge is -2.10. The molecule has 2 aromatic heterocycles. The monoisotopic (exact) mass is 420 g/mol. The number of amides is 2. The lowest BCUT2D eigenvalue weighted by molar-refractivity contribution is -0.121. The van der Waals surface area contributed by atoms with E-state index in [9.17, 15) is 9.59 Å². The molecule has 0 atom stereocenters. The second-order valence-corrected chi connectivity index (χ2v) is 7.11. The highest BCUT2D eigenvalue weighted by molar-refractivity contribution is 6.30. The van der Waals surface area contributed by atoms with Crippen molar-refractivity contribution in [2.24, 2.45) is 0 Å². The van der Waals surface area contributed by atoms with Gasteiger partial charge in [0.15, 0.2) is 0 Å². The molecule has 0 saturated carbocycles. The van der Waals surface area contributed by atoms with Crippen LogP contribution in [0, 0.1) is 6.92 Å². The van der Waals surface area contributed by atoms with Gasteiger partial charge in [0.05, 0.1) is 28.8 Å². The zero-order chi connectivity index (χ0) is 21.1. The van der Waals surface area contributed by atoms with Gasteiger partial charge in [0.2, 0.25) is 5.91 Å². The summed E-state index contributed by atoms with van der Waals surface area (Å²) in [6.07, 6.45) is 0.102. The summed E-state index contributed by atoms with van der Waals surface area (Å²) in [5.74, 6) is -0.850. The maximum Gasteiger partial charge on any atom is 0.270 e. The van der Waals surface area contributed by atoms with Crippen molar-refractivity contribution in [1.82, 2.24) is 21.0 Å². The van der Waals surface area contributed by atoms with Gasteiger partial charge in [-0.3, -0.25) is 20.4 Å². The average Bonchev–Trinajstić information content (AvgIpc) is 3.14. The third-order valence-corrected chi connectivity index (χ3v) is 4.78. The van der Waals surface area contributed by atoms with Gasteiger partial charge >= 0.3 is 0 Å². The van der Waals surface area contributed by atoms with Gasteiger partial charge in [-0.05, 0) is 30.7 Å². The highest BCUT2D eigenvalue weighted by Crippen LogP contribution is 2.26. The maximum atomic E-state index is 12.9. The van der Waals surface area contributed by atoms with E-state index in [4.69, 9.17) is 16.1 Å². The molecular formula is C22H17ClN4O3. The van der Waals surface area contributed by atoms with E-state index in [1.807, 2.05) is 30.3 Å². The fourth-order valence-electron chi connectivity index (χ4n) is 3.06. The van der Waals surface area contributed by atoms with Gasteiger partial charge in [-0.25, -0.2) is 4.98 Å². The molecule has 0 saturated heterocycles. The molecule has 2 amide bonds. The van der Waals surface area contributed by atoms with Crippen LogP contribution in [0.2, 0.25) is 5.02 Å². The number of hydrogen-bond donors (Lipinski definition) is 2. The molecule has 150 valence electrons. The topological polar surface area (TPSA) is 97.1 Å². The minimum Gasteiger partial charge on any atom is -0.335 e. The van der Waals surface area contributed by atoms with Crippen molar-refractivity contribution >= 4 is 34.5 Å². The first-order valence-corrected chi connectivity index (χ1v) is 9.55. The second kappa shape index (κ2) is 8.34. The van der Waals surface area contributed by atoms with E-state index in [0.717, 1.165) is 11.1 Å². The number of aromatic nitrogens is 2. The maximum absolute atomic E-state index is 12.9. The highest BCUT2D eigenvalue weighted by Gasteiger charge is 2.19. The first-order valence-electron chi connectivity index (χ1n) is 9.17. The van der Waals surface area contributed by atoms with Crippen molar-refractivity contribution in [3.8, 4) is 11.3 Å². The van der Waals surface area contributed by atoms with E-state index in [-0.39, 0.29) is 18.0 Å². The van der Waals surface area contributed by atoms with E-state index in [2.05, 4.69) is 21.0 Å². The van der Waals surface area contributed by atoms with E-state index < -0.39 is 5.91 Å². The standard InChI is InChI=1S/C22H17ClN4O3/c1-13-20-17(12-18(24-22(20)30-27-13)15-5-3-2-4-6-15)21(29)26-25-19(28)11-14-7-9-16(23)10-8-14/h2-10,12H,11H2,1H3,(H,25,28)(H,26,29). The Morgan fingerprint density at radius 1 is 1.03 bits per heavy atom. The molecule has 7 nitrogen and oxygen atoms in total. The summed E-state index contributed by atoms with van der Waals surface area (Å²) in [6.45, 7) is 1.73. The van der Waals surface area contributed by atoms with Gasteiger partial charge in [0.25, 0.3) is 11.6 Å². The number of nitrogens with zero attached hydrogens (tertiary/aromatic N) is 2. The molecule has 30 heavy (non-hydrogen) atoms. The average molecular weight is 421 g/mol. The Kier molecular flexibility index (Phi) is 5.45. The number of fused-ring (bicyclic) bond motifs is 1. The molecule has 2 N–H and O–H groups in total. The predicted octanol–water partition coefficient (Wildman–Crippen LogP) is 3.86. The lowest BCUT2D eigenvalue weighted by atomic mass is 10.1. The number of halogens is 1. The Hall–Kier alpha value is -3.71. The molecule has 2 aromatic carbocycles. The summed E-state index contributed by atoms with van der Waals surface area (Å²) in [6, 6.07) is 18.0. The molecule has 0 aliphatic rings. The van der Waals surface area contributed by atoms with E-state index in [0.29, 0.717) is 27.4 Å². The van der Waals surface area contributed by atoms with Gasteiger partial charge in [-0.1, -0.05) is 59.2 Å². The first-order chi connectivity index (χ1) is 14.5. The molecule has 2 heterocycles. The Balaban J connectivity index is 1.55. The number of hydrazine groups is 1. The molecule has 0 spiro atoms. The number of benzene rings is 2. The van der Waals surface area contributed by atoms with E-state index in [1.54, 1.807) is 37.3 Å². The highest BCUT2D eigenvalue weighted by atomic mass is 35.5. The van der Waals surface area contributed by atoms with Crippen LogP contribution in [0.15, 0.2) is 65.2 Å². The van der Waals surface area contributed by atoms with Crippen LogP contribution in [-0.2, 0) is 11.2 Å². The molecule has 0 radical (unpaired) electrons. The lowest BCUT2D eigenvalue weighted by Crippen LogP contribution is -2.42. The van der Waals surface area contributed by atoms with Crippen molar-refractivity contribution in [1.29, 1.82) is 0 Å².